The molecule has 1 heterocycles. The number of hydrogen-bond acceptors (Lipinski definition) is 4. The molecule has 5 nitrogen and oxygen atoms in total. The number of hydrogen-bond donors (Lipinski definition) is 2. The Morgan fingerprint density at radius 3 is 2.78 bits per heavy atom. The number of nitrogens with zero attached hydrogens (tertiary/aromatic N) is 2. The maximum absolute atomic E-state index is 12.2. The van der Waals surface area contributed by atoms with Crippen LogP contribution in [0.1, 0.15) is 33.6 Å². The fraction of sp³-hybridized carbons (Fsp3) is 0.692. The molecule has 1 aromatic rings. The Morgan fingerprint density at radius 1 is 1.56 bits per heavy atom. The second kappa shape index (κ2) is 4.72. The lowest BCUT2D eigenvalue weighted by Gasteiger charge is -2.22. The van der Waals surface area contributed by atoms with E-state index in [2.05, 4.69) is 10.3 Å². The fourth-order valence-corrected chi connectivity index (χ4v) is 1.97. The molecule has 0 amide bonds. The van der Waals surface area contributed by atoms with Gasteiger partial charge in [-0.25, -0.2) is 4.98 Å². The molecule has 1 aromatic heterocycles. The van der Waals surface area contributed by atoms with E-state index < -0.39 is 0 Å². The zero-order chi connectivity index (χ0) is 13.3. The summed E-state index contributed by atoms with van der Waals surface area (Å²) in [5.41, 5.74) is 5.67. The van der Waals surface area contributed by atoms with Crippen LogP contribution in [0.2, 0.25) is 0 Å². The predicted molar refractivity (Wildman–Crippen MR) is 72.7 cm³/mol. The fourth-order valence-electron chi connectivity index (χ4n) is 1.97. The largest absolute Gasteiger partial charge is 0.364 e. The Hall–Kier alpha value is -1.36. The van der Waals surface area contributed by atoms with Crippen LogP contribution in [-0.2, 0) is 5.54 Å². The van der Waals surface area contributed by atoms with Crippen LogP contribution in [0, 0.1) is 5.92 Å². The van der Waals surface area contributed by atoms with E-state index in [1.807, 2.05) is 20.8 Å². The number of nitrogens with one attached hydrogen (secondary N) is 1. The molecular formula is C13H22N4O. The van der Waals surface area contributed by atoms with Crippen molar-refractivity contribution in [3.8, 4) is 0 Å². The smallest absolute Gasteiger partial charge is 0.293 e. The van der Waals surface area contributed by atoms with Crippen LogP contribution in [0.25, 0.3) is 0 Å². The summed E-state index contributed by atoms with van der Waals surface area (Å²) >= 11 is 0. The van der Waals surface area contributed by atoms with Gasteiger partial charge in [-0.3, -0.25) is 4.79 Å². The van der Waals surface area contributed by atoms with Crippen LogP contribution in [-0.4, -0.2) is 22.1 Å². The molecule has 0 spiro atoms. The normalized spacial score (nSPS) is 17.6. The van der Waals surface area contributed by atoms with E-state index in [-0.39, 0.29) is 17.1 Å². The van der Waals surface area contributed by atoms with E-state index in [4.69, 9.17) is 5.73 Å². The van der Waals surface area contributed by atoms with Crippen molar-refractivity contribution in [3.05, 3.63) is 22.7 Å². The number of nitrogens with two attached hydrogens (primary N) is 1. The zero-order valence-electron chi connectivity index (χ0n) is 11.3. The molecule has 0 bridgehead atoms. The summed E-state index contributed by atoms with van der Waals surface area (Å²) in [6.45, 7) is 6.59. The lowest BCUT2D eigenvalue weighted by atomic mass is 10.1. The molecule has 0 aliphatic heterocycles. The molecule has 18 heavy (non-hydrogen) atoms. The van der Waals surface area contributed by atoms with E-state index in [0.29, 0.717) is 18.3 Å². The van der Waals surface area contributed by atoms with Crippen LogP contribution in [0.5, 0.6) is 0 Å². The highest BCUT2D eigenvalue weighted by Gasteiger charge is 2.28. The van der Waals surface area contributed by atoms with Crippen molar-refractivity contribution in [1.82, 2.24) is 9.55 Å². The quantitative estimate of drug-likeness (QED) is 0.840. The Kier molecular flexibility index (Phi) is 3.43. The van der Waals surface area contributed by atoms with E-state index in [1.165, 1.54) is 12.8 Å². The highest BCUT2D eigenvalue weighted by atomic mass is 16.1. The van der Waals surface area contributed by atoms with Gasteiger partial charge < -0.3 is 15.6 Å². The highest BCUT2D eigenvalue weighted by Crippen LogP contribution is 2.31. The van der Waals surface area contributed by atoms with Crippen LogP contribution in [0.15, 0.2) is 17.2 Å². The standard InChI is InChI=1S/C13H22N4O/c1-13(2,3)17-7-6-15-11(12(17)18)16-8-10(14)9-4-5-9/h6-7,9-10H,4-5,8,14H2,1-3H3,(H,15,16). The molecule has 100 valence electrons. The summed E-state index contributed by atoms with van der Waals surface area (Å²) in [5, 5.41) is 3.08. The van der Waals surface area contributed by atoms with E-state index >= 15 is 0 Å². The van der Waals surface area contributed by atoms with E-state index in [9.17, 15) is 4.79 Å². The average molecular weight is 250 g/mol. The minimum absolute atomic E-state index is 0.0898. The Bertz CT molecular complexity index is 471. The summed E-state index contributed by atoms with van der Waals surface area (Å²) in [4.78, 5) is 16.3. The molecular weight excluding hydrogens is 228 g/mol. The van der Waals surface area contributed by atoms with Gasteiger partial charge in [0.1, 0.15) is 0 Å². The van der Waals surface area contributed by atoms with Crippen molar-refractivity contribution >= 4 is 5.82 Å². The van der Waals surface area contributed by atoms with Gasteiger partial charge in [0.25, 0.3) is 5.56 Å². The summed E-state index contributed by atoms with van der Waals surface area (Å²) in [6.07, 6.45) is 5.78. The van der Waals surface area contributed by atoms with Crippen molar-refractivity contribution in [2.24, 2.45) is 11.7 Å². The molecule has 1 atom stereocenters. The second-order valence-corrected chi connectivity index (χ2v) is 6.00. The molecule has 1 unspecified atom stereocenters. The molecule has 1 saturated carbocycles. The molecule has 1 fully saturated rings. The molecule has 1 aliphatic rings. The molecule has 5 heteroatoms. The van der Waals surface area contributed by atoms with Gasteiger partial charge in [-0.15, -0.1) is 0 Å². The third-order valence-electron chi connectivity index (χ3n) is 3.30. The summed E-state index contributed by atoms with van der Waals surface area (Å²) < 4.78 is 1.69. The van der Waals surface area contributed by atoms with Gasteiger partial charge in [-0.1, -0.05) is 0 Å². The van der Waals surface area contributed by atoms with Gasteiger partial charge in [0.15, 0.2) is 5.82 Å². The first-order valence-electron chi connectivity index (χ1n) is 6.47. The first kappa shape index (κ1) is 13.1. The SMILES string of the molecule is CC(C)(C)n1ccnc(NCC(N)C2CC2)c1=O. The van der Waals surface area contributed by atoms with Crippen molar-refractivity contribution < 1.29 is 0 Å². The van der Waals surface area contributed by atoms with Crippen molar-refractivity contribution in [2.75, 3.05) is 11.9 Å². The number of aromatic nitrogens is 2. The number of anilines is 1. The Balaban J connectivity index is 2.11. The van der Waals surface area contributed by atoms with E-state index in [0.717, 1.165) is 0 Å². The van der Waals surface area contributed by atoms with Crippen molar-refractivity contribution in [1.29, 1.82) is 0 Å². The van der Waals surface area contributed by atoms with Gasteiger partial charge in [-0.2, -0.15) is 0 Å². The van der Waals surface area contributed by atoms with E-state index in [1.54, 1.807) is 17.0 Å². The maximum atomic E-state index is 12.2. The van der Waals surface area contributed by atoms with Gasteiger partial charge in [0.2, 0.25) is 0 Å². The van der Waals surface area contributed by atoms with Crippen LogP contribution in [0.4, 0.5) is 5.82 Å². The zero-order valence-corrected chi connectivity index (χ0v) is 11.3. The van der Waals surface area contributed by atoms with Crippen molar-refractivity contribution in [2.45, 2.75) is 45.2 Å². The Labute approximate surface area is 107 Å². The first-order chi connectivity index (χ1) is 8.39. The maximum Gasteiger partial charge on any atom is 0.293 e. The third kappa shape index (κ3) is 2.90. The predicted octanol–water partition coefficient (Wildman–Crippen LogP) is 1.15. The van der Waals surface area contributed by atoms with Gasteiger partial charge in [-0.05, 0) is 39.5 Å². The minimum Gasteiger partial charge on any atom is -0.364 e. The lowest BCUT2D eigenvalue weighted by molar-refractivity contribution is 0.383. The van der Waals surface area contributed by atoms with Crippen molar-refractivity contribution in [3.63, 3.8) is 0 Å². The molecule has 2 rings (SSSR count). The highest BCUT2D eigenvalue weighted by molar-refractivity contribution is 5.31. The Morgan fingerprint density at radius 2 is 2.22 bits per heavy atom. The molecule has 0 radical (unpaired) electrons. The topological polar surface area (TPSA) is 72.9 Å². The third-order valence-corrected chi connectivity index (χ3v) is 3.30. The van der Waals surface area contributed by atoms with Crippen LogP contribution < -0.4 is 16.6 Å². The second-order valence-electron chi connectivity index (χ2n) is 6.00. The van der Waals surface area contributed by atoms with Gasteiger partial charge in [0.05, 0.1) is 0 Å². The molecule has 1 aliphatic carbocycles. The van der Waals surface area contributed by atoms with Gasteiger partial charge >= 0.3 is 0 Å². The first-order valence-corrected chi connectivity index (χ1v) is 6.47. The lowest BCUT2D eigenvalue weighted by Crippen LogP contribution is -2.37. The van der Waals surface area contributed by atoms with Crippen LogP contribution >= 0.6 is 0 Å². The summed E-state index contributed by atoms with van der Waals surface area (Å²) in [6, 6.07) is 0.120. The molecule has 0 aromatic carbocycles. The average Bonchev–Trinajstić information content (AvgIpc) is 3.09. The summed E-state index contributed by atoms with van der Waals surface area (Å²) in [5.74, 6) is 1.01. The molecule has 0 saturated heterocycles. The monoisotopic (exact) mass is 250 g/mol. The minimum atomic E-state index is -0.241. The summed E-state index contributed by atoms with van der Waals surface area (Å²) in [7, 11) is 0. The van der Waals surface area contributed by atoms with Gasteiger partial charge in [0, 0.05) is 30.5 Å². The van der Waals surface area contributed by atoms with Crippen LogP contribution in [0.3, 0.4) is 0 Å². The number of rotatable bonds is 4. The molecule has 3 N–H and O–H groups in total.